The molecule has 0 aliphatic heterocycles. The van der Waals surface area contributed by atoms with Crippen molar-refractivity contribution < 1.29 is 9.53 Å². The Labute approximate surface area is 105 Å². The average molecular weight is 244 g/mol. The summed E-state index contributed by atoms with van der Waals surface area (Å²) in [6, 6.07) is 0.502. The topological polar surface area (TPSA) is 50.4 Å². The Kier molecular flexibility index (Phi) is 9.09. The van der Waals surface area contributed by atoms with E-state index in [1.807, 2.05) is 0 Å². The van der Waals surface area contributed by atoms with Gasteiger partial charge in [0.05, 0.1) is 0 Å². The summed E-state index contributed by atoms with van der Waals surface area (Å²) in [7, 11) is 0. The van der Waals surface area contributed by atoms with E-state index in [4.69, 9.17) is 4.74 Å². The first-order valence-electron chi connectivity index (χ1n) is 6.56. The molecule has 1 amide bonds. The summed E-state index contributed by atoms with van der Waals surface area (Å²) < 4.78 is 5.47. The SMILES string of the molecule is CC(C)CNC(=O)C(C)OCCCNC(C)C. The fourth-order valence-corrected chi connectivity index (χ4v) is 1.25. The van der Waals surface area contributed by atoms with Crippen molar-refractivity contribution in [3.63, 3.8) is 0 Å². The summed E-state index contributed by atoms with van der Waals surface area (Å²) in [6.07, 6.45) is 0.577. The first-order valence-corrected chi connectivity index (χ1v) is 6.56. The van der Waals surface area contributed by atoms with Crippen molar-refractivity contribution in [2.75, 3.05) is 19.7 Å². The van der Waals surface area contributed by atoms with E-state index < -0.39 is 0 Å². The van der Waals surface area contributed by atoms with Crippen molar-refractivity contribution >= 4 is 5.91 Å². The zero-order valence-corrected chi connectivity index (χ0v) is 11.9. The van der Waals surface area contributed by atoms with Crippen LogP contribution in [0, 0.1) is 5.92 Å². The summed E-state index contributed by atoms with van der Waals surface area (Å²) in [5.74, 6) is 0.455. The molecule has 1 unspecified atom stereocenters. The van der Waals surface area contributed by atoms with Gasteiger partial charge >= 0.3 is 0 Å². The maximum atomic E-state index is 11.6. The maximum absolute atomic E-state index is 11.6. The van der Waals surface area contributed by atoms with Crippen molar-refractivity contribution in [3.8, 4) is 0 Å². The maximum Gasteiger partial charge on any atom is 0.248 e. The average Bonchev–Trinajstić information content (AvgIpc) is 2.24. The number of hydrogen-bond acceptors (Lipinski definition) is 3. The molecule has 102 valence electrons. The van der Waals surface area contributed by atoms with Crippen molar-refractivity contribution in [1.82, 2.24) is 10.6 Å². The summed E-state index contributed by atoms with van der Waals surface area (Å²) in [4.78, 5) is 11.6. The van der Waals surface area contributed by atoms with E-state index >= 15 is 0 Å². The zero-order chi connectivity index (χ0) is 13.3. The molecule has 2 N–H and O–H groups in total. The molecule has 0 aromatic heterocycles. The molecular weight excluding hydrogens is 216 g/mol. The van der Waals surface area contributed by atoms with Gasteiger partial charge < -0.3 is 15.4 Å². The lowest BCUT2D eigenvalue weighted by Crippen LogP contribution is -2.37. The summed E-state index contributed by atoms with van der Waals surface area (Å²) >= 11 is 0. The highest BCUT2D eigenvalue weighted by atomic mass is 16.5. The van der Waals surface area contributed by atoms with Gasteiger partial charge in [0.1, 0.15) is 6.10 Å². The van der Waals surface area contributed by atoms with Crippen LogP contribution in [-0.4, -0.2) is 37.7 Å². The fourth-order valence-electron chi connectivity index (χ4n) is 1.25. The number of nitrogens with one attached hydrogen (secondary N) is 2. The Morgan fingerprint density at radius 2 is 1.82 bits per heavy atom. The van der Waals surface area contributed by atoms with Crippen LogP contribution in [0.25, 0.3) is 0 Å². The molecule has 0 aromatic rings. The summed E-state index contributed by atoms with van der Waals surface area (Å²) in [5.41, 5.74) is 0. The van der Waals surface area contributed by atoms with Crippen molar-refractivity contribution in [2.24, 2.45) is 5.92 Å². The second-order valence-electron chi connectivity index (χ2n) is 5.11. The van der Waals surface area contributed by atoms with Crippen LogP contribution >= 0.6 is 0 Å². The number of amides is 1. The Bertz CT molecular complexity index is 206. The van der Waals surface area contributed by atoms with E-state index in [9.17, 15) is 4.79 Å². The van der Waals surface area contributed by atoms with Crippen LogP contribution in [0.2, 0.25) is 0 Å². The van der Waals surface area contributed by atoms with Crippen LogP contribution in [0.4, 0.5) is 0 Å². The van der Waals surface area contributed by atoms with Gasteiger partial charge in [-0.15, -0.1) is 0 Å². The van der Waals surface area contributed by atoms with Gasteiger partial charge in [-0.25, -0.2) is 0 Å². The van der Waals surface area contributed by atoms with Crippen LogP contribution in [0.3, 0.4) is 0 Å². The molecule has 0 aliphatic rings. The van der Waals surface area contributed by atoms with Crippen LogP contribution in [0.1, 0.15) is 41.0 Å². The molecule has 0 heterocycles. The number of hydrogen-bond donors (Lipinski definition) is 2. The molecule has 0 saturated carbocycles. The summed E-state index contributed by atoms with van der Waals surface area (Å²) in [5, 5.41) is 6.17. The zero-order valence-electron chi connectivity index (χ0n) is 11.9. The molecule has 0 fully saturated rings. The molecule has 0 aliphatic carbocycles. The molecule has 0 radical (unpaired) electrons. The minimum Gasteiger partial charge on any atom is -0.369 e. The van der Waals surface area contributed by atoms with Gasteiger partial charge in [-0.2, -0.15) is 0 Å². The highest BCUT2D eigenvalue weighted by Crippen LogP contribution is 1.94. The molecule has 4 nitrogen and oxygen atoms in total. The van der Waals surface area contributed by atoms with Crippen LogP contribution in [0.5, 0.6) is 0 Å². The molecule has 0 aromatic carbocycles. The molecule has 0 rings (SSSR count). The predicted molar refractivity (Wildman–Crippen MR) is 71.0 cm³/mol. The Morgan fingerprint density at radius 3 is 2.35 bits per heavy atom. The first kappa shape index (κ1) is 16.4. The number of carbonyl (C=O) groups is 1. The van der Waals surface area contributed by atoms with Gasteiger partial charge in [-0.3, -0.25) is 4.79 Å². The van der Waals surface area contributed by atoms with Crippen molar-refractivity contribution in [2.45, 2.75) is 53.2 Å². The number of rotatable bonds is 9. The van der Waals surface area contributed by atoms with Crippen LogP contribution in [-0.2, 0) is 9.53 Å². The minimum absolute atomic E-state index is 0.0180. The van der Waals surface area contributed by atoms with E-state index in [-0.39, 0.29) is 12.0 Å². The third-order valence-electron chi connectivity index (χ3n) is 2.30. The molecule has 0 bridgehead atoms. The molecule has 17 heavy (non-hydrogen) atoms. The van der Waals surface area contributed by atoms with E-state index in [2.05, 4.69) is 38.3 Å². The fraction of sp³-hybridized carbons (Fsp3) is 0.923. The van der Waals surface area contributed by atoms with Crippen molar-refractivity contribution in [3.05, 3.63) is 0 Å². The molecule has 4 heteroatoms. The highest BCUT2D eigenvalue weighted by molar-refractivity contribution is 5.80. The monoisotopic (exact) mass is 244 g/mol. The van der Waals surface area contributed by atoms with Gasteiger partial charge in [0.15, 0.2) is 0 Å². The van der Waals surface area contributed by atoms with E-state index in [0.29, 0.717) is 25.1 Å². The van der Waals surface area contributed by atoms with E-state index in [0.717, 1.165) is 13.0 Å². The van der Waals surface area contributed by atoms with E-state index in [1.165, 1.54) is 0 Å². The molecule has 0 saturated heterocycles. The quantitative estimate of drug-likeness (QED) is 0.605. The highest BCUT2D eigenvalue weighted by Gasteiger charge is 2.12. The second kappa shape index (κ2) is 9.42. The lowest BCUT2D eigenvalue weighted by Gasteiger charge is -2.15. The van der Waals surface area contributed by atoms with Gasteiger partial charge in [-0.05, 0) is 25.8 Å². The molecule has 0 spiro atoms. The van der Waals surface area contributed by atoms with Crippen molar-refractivity contribution in [1.29, 1.82) is 0 Å². The predicted octanol–water partition coefficient (Wildman–Crippen LogP) is 1.55. The van der Waals surface area contributed by atoms with Crippen LogP contribution in [0.15, 0.2) is 0 Å². The first-order chi connectivity index (χ1) is 7.93. The van der Waals surface area contributed by atoms with Gasteiger partial charge in [-0.1, -0.05) is 27.7 Å². The molecule has 1 atom stereocenters. The lowest BCUT2D eigenvalue weighted by molar-refractivity contribution is -0.131. The summed E-state index contributed by atoms with van der Waals surface area (Å²) in [6.45, 7) is 12.4. The van der Waals surface area contributed by atoms with Gasteiger partial charge in [0, 0.05) is 19.2 Å². The van der Waals surface area contributed by atoms with Gasteiger partial charge in [0.25, 0.3) is 0 Å². The number of ether oxygens (including phenoxy) is 1. The third kappa shape index (κ3) is 10.3. The Morgan fingerprint density at radius 1 is 1.18 bits per heavy atom. The minimum atomic E-state index is -0.354. The van der Waals surface area contributed by atoms with Crippen LogP contribution < -0.4 is 10.6 Å². The van der Waals surface area contributed by atoms with Gasteiger partial charge in [0.2, 0.25) is 5.91 Å². The number of carbonyl (C=O) groups excluding carboxylic acids is 1. The lowest BCUT2D eigenvalue weighted by atomic mass is 10.2. The molecular formula is C13H28N2O2. The third-order valence-corrected chi connectivity index (χ3v) is 2.30. The smallest absolute Gasteiger partial charge is 0.248 e. The standard InChI is InChI=1S/C13H28N2O2/c1-10(2)9-15-13(16)12(5)17-8-6-7-14-11(3)4/h10-12,14H,6-9H2,1-5H3,(H,15,16). The second-order valence-corrected chi connectivity index (χ2v) is 5.11. The normalized spacial score (nSPS) is 13.1. The Balaban J connectivity index is 3.50. The largest absolute Gasteiger partial charge is 0.369 e. The van der Waals surface area contributed by atoms with E-state index in [1.54, 1.807) is 6.92 Å². The Hall–Kier alpha value is -0.610.